The Labute approximate surface area is 114 Å². The number of thioether (sulfide) groups is 1. The molecule has 0 aliphatic carbocycles. The lowest BCUT2D eigenvalue weighted by Gasteiger charge is -2.04. The summed E-state index contributed by atoms with van der Waals surface area (Å²) < 4.78 is 0. The van der Waals surface area contributed by atoms with E-state index in [1.54, 1.807) is 18.4 Å². The normalized spacial score (nSPS) is 10.9. The molecule has 0 aliphatic rings. The summed E-state index contributed by atoms with van der Waals surface area (Å²) in [7, 11) is 1.64. The number of nitrogens with zero attached hydrogens (tertiary/aromatic N) is 2. The number of rotatable bonds is 3. The number of amides is 1. The molecule has 2 rings (SSSR count). The van der Waals surface area contributed by atoms with Gasteiger partial charge in [-0.1, -0.05) is 11.8 Å². The monoisotopic (exact) mass is 281 g/mol. The Kier molecular flexibility index (Phi) is 3.87. The summed E-state index contributed by atoms with van der Waals surface area (Å²) in [6, 6.07) is 0. The average Bonchev–Trinajstić information content (AvgIpc) is 2.61. The molecule has 0 aliphatic heterocycles. The van der Waals surface area contributed by atoms with Crippen molar-refractivity contribution in [1.29, 1.82) is 0 Å². The molecule has 96 valence electrons. The van der Waals surface area contributed by atoms with Crippen LogP contribution in [0.15, 0.2) is 5.03 Å². The molecule has 18 heavy (non-hydrogen) atoms. The first-order valence-electron chi connectivity index (χ1n) is 5.60. The van der Waals surface area contributed by atoms with Gasteiger partial charge in [0.1, 0.15) is 15.7 Å². The molecule has 0 saturated carbocycles. The molecule has 2 aromatic rings. The summed E-state index contributed by atoms with van der Waals surface area (Å²) in [5, 5.41) is 4.62. The van der Waals surface area contributed by atoms with Gasteiger partial charge in [-0.25, -0.2) is 9.97 Å². The Morgan fingerprint density at radius 1 is 1.33 bits per heavy atom. The van der Waals surface area contributed by atoms with Crippen LogP contribution in [0.4, 0.5) is 0 Å². The van der Waals surface area contributed by atoms with Gasteiger partial charge in [-0.05, 0) is 26.3 Å². The Morgan fingerprint density at radius 2 is 2.06 bits per heavy atom. The van der Waals surface area contributed by atoms with Crippen LogP contribution in [0, 0.1) is 20.8 Å². The minimum atomic E-state index is 0.00835. The highest BCUT2D eigenvalue weighted by atomic mass is 32.2. The van der Waals surface area contributed by atoms with Gasteiger partial charge in [0.05, 0.1) is 5.75 Å². The van der Waals surface area contributed by atoms with E-state index in [0.29, 0.717) is 5.75 Å². The van der Waals surface area contributed by atoms with Crippen molar-refractivity contribution in [3.8, 4) is 0 Å². The van der Waals surface area contributed by atoms with Crippen molar-refractivity contribution in [2.45, 2.75) is 25.8 Å². The van der Waals surface area contributed by atoms with Crippen molar-refractivity contribution in [2.24, 2.45) is 0 Å². The van der Waals surface area contributed by atoms with E-state index in [0.717, 1.165) is 21.1 Å². The SMILES string of the molecule is CNC(=O)CSc1nc(C)nc2sc(C)c(C)c12. The Hall–Kier alpha value is -1.14. The lowest BCUT2D eigenvalue weighted by molar-refractivity contribution is -0.118. The highest BCUT2D eigenvalue weighted by Crippen LogP contribution is 2.34. The number of fused-ring (bicyclic) bond motifs is 1. The largest absolute Gasteiger partial charge is 0.358 e. The number of nitrogens with one attached hydrogen (secondary N) is 1. The third-order valence-electron chi connectivity index (χ3n) is 2.73. The Morgan fingerprint density at radius 3 is 2.72 bits per heavy atom. The zero-order chi connectivity index (χ0) is 13.3. The standard InChI is InChI=1S/C12H15N3OS2/c1-6-7(2)18-12-10(6)11(14-8(3)15-12)17-5-9(16)13-4/h5H2,1-4H3,(H,13,16). The number of hydrogen-bond acceptors (Lipinski definition) is 5. The van der Waals surface area contributed by atoms with Gasteiger partial charge in [-0.2, -0.15) is 0 Å². The fourth-order valence-corrected chi connectivity index (χ4v) is 3.77. The Balaban J connectivity index is 2.45. The van der Waals surface area contributed by atoms with Crippen molar-refractivity contribution in [1.82, 2.24) is 15.3 Å². The molecule has 4 nitrogen and oxygen atoms in total. The molecular weight excluding hydrogens is 266 g/mol. The molecule has 0 saturated heterocycles. The van der Waals surface area contributed by atoms with E-state index in [1.165, 1.54) is 22.2 Å². The van der Waals surface area contributed by atoms with E-state index < -0.39 is 0 Å². The van der Waals surface area contributed by atoms with Crippen LogP contribution in [-0.2, 0) is 4.79 Å². The fourth-order valence-electron chi connectivity index (χ4n) is 1.62. The predicted molar refractivity (Wildman–Crippen MR) is 76.4 cm³/mol. The van der Waals surface area contributed by atoms with Gasteiger partial charge in [0, 0.05) is 17.3 Å². The van der Waals surface area contributed by atoms with E-state index in [-0.39, 0.29) is 5.91 Å². The Bertz CT molecular complexity index is 607. The van der Waals surface area contributed by atoms with E-state index in [2.05, 4.69) is 29.1 Å². The lowest BCUT2D eigenvalue weighted by Crippen LogP contribution is -2.19. The van der Waals surface area contributed by atoms with E-state index >= 15 is 0 Å². The maximum Gasteiger partial charge on any atom is 0.230 e. The number of hydrogen-bond donors (Lipinski definition) is 1. The van der Waals surface area contributed by atoms with E-state index in [1.807, 2.05) is 6.92 Å². The summed E-state index contributed by atoms with van der Waals surface area (Å²) in [5.41, 5.74) is 1.22. The molecule has 6 heteroatoms. The molecule has 0 radical (unpaired) electrons. The number of aryl methyl sites for hydroxylation is 3. The zero-order valence-corrected chi connectivity index (χ0v) is 12.5. The quantitative estimate of drug-likeness (QED) is 0.693. The van der Waals surface area contributed by atoms with Gasteiger partial charge in [0.15, 0.2) is 0 Å². The van der Waals surface area contributed by atoms with Crippen molar-refractivity contribution >= 4 is 39.2 Å². The second-order valence-electron chi connectivity index (χ2n) is 4.00. The smallest absolute Gasteiger partial charge is 0.230 e. The van der Waals surface area contributed by atoms with Crippen molar-refractivity contribution in [3.63, 3.8) is 0 Å². The van der Waals surface area contributed by atoms with Gasteiger partial charge in [0.25, 0.3) is 0 Å². The van der Waals surface area contributed by atoms with Crippen LogP contribution in [-0.4, -0.2) is 28.7 Å². The summed E-state index contributed by atoms with van der Waals surface area (Å²) in [6.07, 6.45) is 0. The first-order valence-corrected chi connectivity index (χ1v) is 7.41. The van der Waals surface area contributed by atoms with Crippen LogP contribution >= 0.6 is 23.1 Å². The lowest BCUT2D eigenvalue weighted by atomic mass is 10.2. The predicted octanol–water partition coefficient (Wildman–Crippen LogP) is 2.45. The third-order valence-corrected chi connectivity index (χ3v) is 4.80. The van der Waals surface area contributed by atoms with Crippen molar-refractivity contribution in [2.75, 3.05) is 12.8 Å². The molecule has 0 aromatic carbocycles. The summed E-state index contributed by atoms with van der Waals surface area (Å²) >= 11 is 3.15. The molecule has 1 N–H and O–H groups in total. The molecule has 0 atom stereocenters. The molecule has 0 unspecified atom stereocenters. The first-order chi connectivity index (χ1) is 8.52. The van der Waals surface area contributed by atoms with Crippen LogP contribution in [0.25, 0.3) is 10.2 Å². The van der Waals surface area contributed by atoms with Crippen LogP contribution in [0.1, 0.15) is 16.3 Å². The molecular formula is C12H15N3OS2. The van der Waals surface area contributed by atoms with Gasteiger partial charge < -0.3 is 5.32 Å². The number of thiophene rings is 1. The van der Waals surface area contributed by atoms with E-state index in [9.17, 15) is 4.79 Å². The third kappa shape index (κ3) is 2.49. The van der Waals surface area contributed by atoms with Crippen LogP contribution in [0.5, 0.6) is 0 Å². The highest BCUT2D eigenvalue weighted by molar-refractivity contribution is 8.00. The zero-order valence-electron chi connectivity index (χ0n) is 10.8. The first kappa shape index (κ1) is 13.3. The van der Waals surface area contributed by atoms with Crippen LogP contribution in [0.3, 0.4) is 0 Å². The summed E-state index contributed by atoms with van der Waals surface area (Å²) in [4.78, 5) is 22.5. The molecule has 0 spiro atoms. The minimum absolute atomic E-state index is 0.00835. The summed E-state index contributed by atoms with van der Waals surface area (Å²) in [6.45, 7) is 6.05. The van der Waals surface area contributed by atoms with Crippen molar-refractivity contribution < 1.29 is 4.79 Å². The molecule has 2 heterocycles. The molecule has 1 amide bonds. The van der Waals surface area contributed by atoms with Gasteiger partial charge >= 0.3 is 0 Å². The second kappa shape index (κ2) is 5.24. The van der Waals surface area contributed by atoms with Crippen molar-refractivity contribution in [3.05, 3.63) is 16.3 Å². The van der Waals surface area contributed by atoms with Crippen LogP contribution < -0.4 is 5.32 Å². The van der Waals surface area contributed by atoms with E-state index in [4.69, 9.17) is 0 Å². The molecule has 0 bridgehead atoms. The second-order valence-corrected chi connectivity index (χ2v) is 6.17. The fraction of sp³-hybridized carbons (Fsp3) is 0.417. The minimum Gasteiger partial charge on any atom is -0.358 e. The number of carbonyl (C=O) groups excluding carboxylic acids is 1. The highest BCUT2D eigenvalue weighted by Gasteiger charge is 2.14. The van der Waals surface area contributed by atoms with Crippen LogP contribution in [0.2, 0.25) is 0 Å². The topological polar surface area (TPSA) is 54.9 Å². The maximum atomic E-state index is 11.3. The average molecular weight is 281 g/mol. The molecule has 2 aromatic heterocycles. The van der Waals surface area contributed by atoms with Gasteiger partial charge in [-0.3, -0.25) is 4.79 Å². The molecule has 0 fully saturated rings. The maximum absolute atomic E-state index is 11.3. The number of carbonyl (C=O) groups is 1. The van der Waals surface area contributed by atoms with Gasteiger partial charge in [0.2, 0.25) is 5.91 Å². The summed E-state index contributed by atoms with van der Waals surface area (Å²) in [5.74, 6) is 1.15. The number of aromatic nitrogens is 2. The van der Waals surface area contributed by atoms with Gasteiger partial charge in [-0.15, -0.1) is 11.3 Å².